The van der Waals surface area contributed by atoms with Gasteiger partial charge in [-0.2, -0.15) is 0 Å². The maximum absolute atomic E-state index is 12.7. The van der Waals surface area contributed by atoms with Gasteiger partial charge in [-0.1, -0.05) is 123 Å². The lowest BCUT2D eigenvalue weighted by Gasteiger charge is -2.21. The zero-order valence-corrected chi connectivity index (χ0v) is 25.6. The number of hydrogen-bond acceptors (Lipinski definition) is 4. The van der Waals surface area contributed by atoms with Crippen LogP contribution in [-0.4, -0.2) is 24.1 Å². The van der Waals surface area contributed by atoms with Crippen molar-refractivity contribution in [2.24, 2.45) is 14.1 Å². The van der Waals surface area contributed by atoms with Gasteiger partial charge in [0, 0.05) is 41.8 Å². The number of hydrogen-bond donors (Lipinski definition) is 0. The highest BCUT2D eigenvalue weighted by Crippen LogP contribution is 2.51. The van der Waals surface area contributed by atoms with Gasteiger partial charge in [0.05, 0.1) is 11.0 Å². The molecule has 2 heterocycles. The third-order valence-electron chi connectivity index (χ3n) is 9.26. The molecule has 6 heteroatoms. The first-order valence-electron chi connectivity index (χ1n) is 15.1. The smallest absolute Gasteiger partial charge is 0.295 e. The molecule has 1 aliphatic carbocycles. The molecule has 2 aromatic heterocycles. The fraction of sp³-hybridized carbons (Fsp3) is 0.128. The van der Waals surface area contributed by atoms with Crippen LogP contribution in [0.15, 0.2) is 120 Å². The van der Waals surface area contributed by atoms with Crippen molar-refractivity contribution in [3.05, 3.63) is 137 Å². The molecule has 0 spiro atoms. The van der Waals surface area contributed by atoms with E-state index in [1.165, 1.54) is 22.3 Å². The predicted octanol–water partition coefficient (Wildman–Crippen LogP) is 8.04. The maximum Gasteiger partial charge on any atom is 0.328 e. The van der Waals surface area contributed by atoms with Crippen LogP contribution in [0.25, 0.3) is 67.5 Å². The molecule has 0 aliphatic heterocycles. The lowest BCUT2D eigenvalue weighted by atomic mass is 9.82. The Bertz CT molecular complexity index is 2330. The Morgan fingerprint density at radius 2 is 1.07 bits per heavy atom. The highest BCUT2D eigenvalue weighted by molar-refractivity contribution is 5.93. The second-order valence-corrected chi connectivity index (χ2v) is 12.2. The topological polar surface area (TPSA) is 65.6 Å². The molecule has 0 amide bonds. The second-order valence-electron chi connectivity index (χ2n) is 12.2. The van der Waals surface area contributed by atoms with Gasteiger partial charge in [0.2, 0.25) is 0 Å². The van der Waals surface area contributed by atoms with E-state index in [0.29, 0.717) is 17.5 Å². The third-order valence-corrected chi connectivity index (χ3v) is 9.26. The standard InChI is InChI=1S/C39H31N5O/c1-39(2)30-17-9-8-14-28(30)33-29(16-10-18-31(33)39)37-41-35(25-12-6-5-7-13-25)40-36(42-37)26-22-20-24(21-23-26)27-15-11-19-32-34(27)44(4)38(45)43(32)3/h5-23H,1-4H3. The van der Waals surface area contributed by atoms with Crippen LogP contribution in [0.4, 0.5) is 0 Å². The molecule has 0 bridgehead atoms. The van der Waals surface area contributed by atoms with Crippen LogP contribution in [0, 0.1) is 0 Å². The zero-order valence-electron chi connectivity index (χ0n) is 25.6. The van der Waals surface area contributed by atoms with E-state index in [1.54, 1.807) is 9.13 Å². The summed E-state index contributed by atoms with van der Waals surface area (Å²) >= 11 is 0. The van der Waals surface area contributed by atoms with E-state index in [0.717, 1.165) is 38.9 Å². The van der Waals surface area contributed by atoms with E-state index >= 15 is 0 Å². The molecule has 0 saturated carbocycles. The number of aryl methyl sites for hydroxylation is 2. The largest absolute Gasteiger partial charge is 0.328 e. The van der Waals surface area contributed by atoms with Crippen LogP contribution >= 0.6 is 0 Å². The van der Waals surface area contributed by atoms with Gasteiger partial charge in [0.25, 0.3) is 0 Å². The Hall–Kier alpha value is -5.62. The zero-order chi connectivity index (χ0) is 30.9. The number of aromatic nitrogens is 5. The average molecular weight is 586 g/mol. The quantitative estimate of drug-likeness (QED) is 0.210. The van der Waals surface area contributed by atoms with Crippen molar-refractivity contribution in [3.8, 4) is 56.4 Å². The minimum atomic E-state index is -0.124. The number of benzene rings is 5. The summed E-state index contributed by atoms with van der Waals surface area (Å²) in [7, 11) is 3.63. The molecule has 45 heavy (non-hydrogen) atoms. The molecule has 0 unspecified atom stereocenters. The van der Waals surface area contributed by atoms with Crippen molar-refractivity contribution < 1.29 is 0 Å². The molecule has 7 aromatic rings. The van der Waals surface area contributed by atoms with Crippen molar-refractivity contribution in [2.45, 2.75) is 19.3 Å². The maximum atomic E-state index is 12.7. The van der Waals surface area contributed by atoms with Gasteiger partial charge in [0.1, 0.15) is 0 Å². The van der Waals surface area contributed by atoms with Crippen molar-refractivity contribution in [1.29, 1.82) is 0 Å². The monoisotopic (exact) mass is 585 g/mol. The van der Waals surface area contributed by atoms with Crippen LogP contribution in [0.3, 0.4) is 0 Å². The molecule has 218 valence electrons. The normalized spacial score (nSPS) is 13.2. The molecule has 0 radical (unpaired) electrons. The summed E-state index contributed by atoms with van der Waals surface area (Å²) in [4.78, 5) is 27.8. The Labute approximate surface area is 261 Å². The molecular weight excluding hydrogens is 554 g/mol. The molecule has 1 aliphatic rings. The van der Waals surface area contributed by atoms with Crippen LogP contribution < -0.4 is 5.69 Å². The van der Waals surface area contributed by atoms with Gasteiger partial charge in [-0.15, -0.1) is 0 Å². The molecular formula is C39H31N5O. The molecule has 0 saturated heterocycles. The first-order valence-corrected chi connectivity index (χ1v) is 15.1. The predicted molar refractivity (Wildman–Crippen MR) is 181 cm³/mol. The van der Waals surface area contributed by atoms with Crippen LogP contribution in [-0.2, 0) is 19.5 Å². The number of imidazole rings is 1. The van der Waals surface area contributed by atoms with Crippen molar-refractivity contribution >= 4 is 11.0 Å². The number of fused-ring (bicyclic) bond motifs is 4. The van der Waals surface area contributed by atoms with Gasteiger partial charge in [-0.3, -0.25) is 9.13 Å². The Morgan fingerprint density at radius 1 is 0.511 bits per heavy atom. The lowest BCUT2D eigenvalue weighted by Crippen LogP contribution is -2.19. The third kappa shape index (κ3) is 4.09. The van der Waals surface area contributed by atoms with E-state index < -0.39 is 0 Å². The van der Waals surface area contributed by atoms with Gasteiger partial charge < -0.3 is 0 Å². The lowest BCUT2D eigenvalue weighted by molar-refractivity contribution is 0.660. The van der Waals surface area contributed by atoms with Crippen LogP contribution in [0.5, 0.6) is 0 Å². The summed E-state index contributed by atoms with van der Waals surface area (Å²) in [6.07, 6.45) is 0. The summed E-state index contributed by atoms with van der Waals surface area (Å²) in [5, 5.41) is 0. The SMILES string of the molecule is Cn1c(=O)n(C)c2c(-c3ccc(-c4nc(-c5ccccc5)nc(-c5cccc6c5-c5ccccc5C6(C)C)n4)cc3)cccc21. The molecule has 5 aromatic carbocycles. The summed E-state index contributed by atoms with van der Waals surface area (Å²) in [5.74, 6) is 1.89. The van der Waals surface area contributed by atoms with Gasteiger partial charge in [-0.05, 0) is 33.9 Å². The first-order chi connectivity index (χ1) is 21.8. The van der Waals surface area contributed by atoms with E-state index in [1.807, 2.05) is 56.6 Å². The highest BCUT2D eigenvalue weighted by atomic mass is 16.1. The molecule has 8 rings (SSSR count). The van der Waals surface area contributed by atoms with Crippen molar-refractivity contribution in [1.82, 2.24) is 24.1 Å². The van der Waals surface area contributed by atoms with Crippen LogP contribution in [0.2, 0.25) is 0 Å². The molecule has 0 fully saturated rings. The van der Waals surface area contributed by atoms with E-state index in [4.69, 9.17) is 15.0 Å². The molecule has 6 nitrogen and oxygen atoms in total. The van der Waals surface area contributed by atoms with Gasteiger partial charge >= 0.3 is 5.69 Å². The van der Waals surface area contributed by atoms with Gasteiger partial charge in [0.15, 0.2) is 17.5 Å². The summed E-state index contributed by atoms with van der Waals surface area (Å²) in [6.45, 7) is 4.57. The Kier molecular flexibility index (Phi) is 5.97. The average Bonchev–Trinajstić information content (AvgIpc) is 3.46. The van der Waals surface area contributed by atoms with E-state index in [2.05, 4.69) is 86.6 Å². The van der Waals surface area contributed by atoms with Crippen LogP contribution in [0.1, 0.15) is 25.0 Å². The number of nitrogens with zero attached hydrogens (tertiary/aromatic N) is 5. The Balaban J connectivity index is 1.30. The van der Waals surface area contributed by atoms with Crippen molar-refractivity contribution in [3.63, 3.8) is 0 Å². The van der Waals surface area contributed by atoms with Gasteiger partial charge in [-0.25, -0.2) is 19.7 Å². The van der Waals surface area contributed by atoms with E-state index in [-0.39, 0.29) is 11.1 Å². The minimum Gasteiger partial charge on any atom is -0.295 e. The highest BCUT2D eigenvalue weighted by Gasteiger charge is 2.37. The fourth-order valence-electron chi connectivity index (χ4n) is 6.89. The fourth-order valence-corrected chi connectivity index (χ4v) is 6.89. The summed E-state index contributed by atoms with van der Waals surface area (Å²) in [5.41, 5.74) is 11.5. The van der Waals surface area contributed by atoms with E-state index in [9.17, 15) is 4.79 Å². The minimum absolute atomic E-state index is 0.0429. The second kappa shape index (κ2) is 9.96. The summed E-state index contributed by atoms with van der Waals surface area (Å²) < 4.78 is 3.39. The van der Waals surface area contributed by atoms with Crippen molar-refractivity contribution in [2.75, 3.05) is 0 Å². The molecule has 0 atom stereocenters. The Morgan fingerprint density at radius 3 is 1.82 bits per heavy atom. The molecule has 0 N–H and O–H groups in total. The number of para-hydroxylation sites is 1. The summed E-state index contributed by atoms with van der Waals surface area (Å²) in [6, 6.07) is 39.5. The number of rotatable bonds is 4. The first kappa shape index (κ1) is 27.0.